The van der Waals surface area contributed by atoms with Crippen LogP contribution in [-0.2, 0) is 9.59 Å². The molecule has 7 nitrogen and oxygen atoms in total. The second-order valence-corrected chi connectivity index (χ2v) is 5.22. The second-order valence-electron chi connectivity index (χ2n) is 5.22. The number of nitrogens with two attached hydrogens (primary N) is 1. The van der Waals surface area contributed by atoms with Gasteiger partial charge in [0.15, 0.2) is 18.1 Å². The minimum atomic E-state index is -0.382. The molecule has 1 saturated heterocycles. The first-order valence-corrected chi connectivity index (χ1v) is 7.42. The number of rotatable bonds is 6. The van der Waals surface area contributed by atoms with Gasteiger partial charge in [-0.05, 0) is 25.5 Å². The normalized spacial score (nSPS) is 16.7. The van der Waals surface area contributed by atoms with Crippen LogP contribution in [0.1, 0.15) is 18.9 Å². The summed E-state index contributed by atoms with van der Waals surface area (Å²) in [4.78, 5) is 24.8. The van der Waals surface area contributed by atoms with Crippen molar-refractivity contribution in [1.82, 2.24) is 4.90 Å². The number of amides is 2. The highest BCUT2D eigenvalue weighted by Crippen LogP contribution is 2.28. The second kappa shape index (κ2) is 7.49. The van der Waals surface area contributed by atoms with E-state index in [9.17, 15) is 9.59 Å². The summed E-state index contributed by atoms with van der Waals surface area (Å²) in [5.41, 5.74) is 5.71. The molecule has 23 heavy (non-hydrogen) atoms. The molecule has 2 N–H and O–H groups in total. The van der Waals surface area contributed by atoms with E-state index in [0.29, 0.717) is 43.2 Å². The van der Waals surface area contributed by atoms with Crippen molar-refractivity contribution in [2.24, 2.45) is 11.7 Å². The fourth-order valence-electron chi connectivity index (χ4n) is 2.41. The van der Waals surface area contributed by atoms with Gasteiger partial charge in [0, 0.05) is 19.2 Å². The van der Waals surface area contributed by atoms with Crippen molar-refractivity contribution in [1.29, 1.82) is 5.26 Å². The average Bonchev–Trinajstić information content (AvgIpc) is 3.04. The standard InChI is InChI=1S/C16H19N3O4/c1-2-22-14-7-11(8-17)3-4-13(14)23-10-15(20)19-6-5-12(9-19)16(18)21/h3-4,7,12H,2,5-6,9-10H2,1H3,(H2,18,21). The summed E-state index contributed by atoms with van der Waals surface area (Å²) in [6.07, 6.45) is 0.585. The Balaban J connectivity index is 1.97. The average molecular weight is 317 g/mol. The topological polar surface area (TPSA) is 106 Å². The van der Waals surface area contributed by atoms with Crippen LogP contribution in [0, 0.1) is 17.2 Å². The van der Waals surface area contributed by atoms with Gasteiger partial charge in [-0.1, -0.05) is 0 Å². The summed E-state index contributed by atoms with van der Waals surface area (Å²) in [5.74, 6) is -0.0408. The number of hydrogen-bond acceptors (Lipinski definition) is 5. The number of primary amides is 1. The first-order valence-electron chi connectivity index (χ1n) is 7.42. The van der Waals surface area contributed by atoms with E-state index in [2.05, 4.69) is 0 Å². The largest absolute Gasteiger partial charge is 0.490 e. The molecule has 1 aliphatic heterocycles. The molecule has 122 valence electrons. The van der Waals surface area contributed by atoms with E-state index < -0.39 is 0 Å². The summed E-state index contributed by atoms with van der Waals surface area (Å²) in [6, 6.07) is 6.80. The molecule has 0 aliphatic carbocycles. The molecule has 1 atom stereocenters. The predicted molar refractivity (Wildman–Crippen MR) is 81.7 cm³/mol. The lowest BCUT2D eigenvalue weighted by molar-refractivity contribution is -0.132. The van der Waals surface area contributed by atoms with Crippen LogP contribution in [0.3, 0.4) is 0 Å². The molecule has 2 rings (SSSR count). The molecule has 1 aliphatic rings. The Morgan fingerprint density at radius 2 is 2.17 bits per heavy atom. The molecular formula is C16H19N3O4. The van der Waals surface area contributed by atoms with Crippen LogP contribution in [0.2, 0.25) is 0 Å². The Labute approximate surface area is 134 Å². The zero-order valence-electron chi connectivity index (χ0n) is 12.9. The number of likely N-dealkylation sites (tertiary alicyclic amines) is 1. The van der Waals surface area contributed by atoms with Crippen molar-refractivity contribution in [2.45, 2.75) is 13.3 Å². The Morgan fingerprint density at radius 1 is 1.39 bits per heavy atom. The summed E-state index contributed by atoms with van der Waals surface area (Å²) >= 11 is 0. The first-order chi connectivity index (χ1) is 11.0. The van der Waals surface area contributed by atoms with E-state index in [1.54, 1.807) is 23.1 Å². The van der Waals surface area contributed by atoms with Crippen molar-refractivity contribution in [3.8, 4) is 17.6 Å². The number of ether oxygens (including phenoxy) is 2. The molecule has 1 aromatic rings. The number of benzene rings is 1. The Kier molecular flexibility index (Phi) is 5.41. The molecule has 1 heterocycles. The van der Waals surface area contributed by atoms with Gasteiger partial charge in [0.1, 0.15) is 0 Å². The Bertz CT molecular complexity index is 639. The molecule has 0 radical (unpaired) electrons. The maximum absolute atomic E-state index is 12.1. The van der Waals surface area contributed by atoms with Crippen LogP contribution in [0.4, 0.5) is 0 Å². The first kappa shape index (κ1) is 16.6. The van der Waals surface area contributed by atoms with Crippen molar-refractivity contribution < 1.29 is 19.1 Å². The van der Waals surface area contributed by atoms with Gasteiger partial charge in [-0.25, -0.2) is 0 Å². The van der Waals surface area contributed by atoms with E-state index in [0.717, 1.165) is 0 Å². The maximum atomic E-state index is 12.1. The number of nitrogens with zero attached hydrogens (tertiary/aromatic N) is 2. The summed E-state index contributed by atoms with van der Waals surface area (Å²) in [5, 5.41) is 8.91. The minimum absolute atomic E-state index is 0.155. The van der Waals surface area contributed by atoms with Gasteiger partial charge in [0.05, 0.1) is 24.2 Å². The third-order valence-electron chi connectivity index (χ3n) is 3.67. The molecule has 7 heteroatoms. The van der Waals surface area contributed by atoms with Crippen molar-refractivity contribution in [3.63, 3.8) is 0 Å². The SMILES string of the molecule is CCOc1cc(C#N)ccc1OCC(=O)N1CCC(C(N)=O)C1. The monoisotopic (exact) mass is 317 g/mol. The highest BCUT2D eigenvalue weighted by molar-refractivity contribution is 5.81. The van der Waals surface area contributed by atoms with E-state index in [4.69, 9.17) is 20.5 Å². The van der Waals surface area contributed by atoms with Crippen LogP contribution in [0.15, 0.2) is 18.2 Å². The van der Waals surface area contributed by atoms with E-state index in [-0.39, 0.29) is 24.3 Å². The van der Waals surface area contributed by atoms with Gasteiger partial charge < -0.3 is 20.1 Å². The summed E-state index contributed by atoms with van der Waals surface area (Å²) in [6.45, 7) is 2.93. The predicted octanol–water partition coefficient (Wildman–Crippen LogP) is 0.670. The van der Waals surface area contributed by atoms with E-state index in [1.807, 2.05) is 13.0 Å². The lowest BCUT2D eigenvalue weighted by Gasteiger charge is -2.17. The zero-order valence-corrected chi connectivity index (χ0v) is 12.9. The van der Waals surface area contributed by atoms with Crippen LogP contribution in [0.25, 0.3) is 0 Å². The molecule has 0 saturated carbocycles. The third kappa shape index (κ3) is 4.13. The summed E-state index contributed by atoms with van der Waals surface area (Å²) in [7, 11) is 0. The molecule has 1 fully saturated rings. The minimum Gasteiger partial charge on any atom is -0.490 e. The number of carbonyl (C=O) groups excluding carboxylic acids is 2. The zero-order chi connectivity index (χ0) is 16.8. The van der Waals surface area contributed by atoms with Crippen molar-refractivity contribution in [2.75, 3.05) is 26.3 Å². The molecule has 1 aromatic carbocycles. The van der Waals surface area contributed by atoms with Crippen LogP contribution < -0.4 is 15.2 Å². The van der Waals surface area contributed by atoms with Gasteiger partial charge in [0.2, 0.25) is 5.91 Å². The maximum Gasteiger partial charge on any atom is 0.260 e. The molecular weight excluding hydrogens is 298 g/mol. The van der Waals surface area contributed by atoms with Gasteiger partial charge in [0.25, 0.3) is 5.91 Å². The molecule has 0 bridgehead atoms. The van der Waals surface area contributed by atoms with Crippen LogP contribution in [-0.4, -0.2) is 43.0 Å². The molecule has 0 spiro atoms. The van der Waals surface area contributed by atoms with E-state index in [1.165, 1.54) is 0 Å². The number of carbonyl (C=O) groups is 2. The Morgan fingerprint density at radius 3 is 2.78 bits per heavy atom. The fourth-order valence-corrected chi connectivity index (χ4v) is 2.41. The molecule has 0 aromatic heterocycles. The van der Waals surface area contributed by atoms with Gasteiger partial charge in [-0.2, -0.15) is 5.26 Å². The quantitative estimate of drug-likeness (QED) is 0.830. The highest BCUT2D eigenvalue weighted by atomic mass is 16.5. The van der Waals surface area contributed by atoms with Gasteiger partial charge in [-0.3, -0.25) is 9.59 Å². The van der Waals surface area contributed by atoms with E-state index >= 15 is 0 Å². The van der Waals surface area contributed by atoms with Crippen LogP contribution >= 0.6 is 0 Å². The number of hydrogen-bond donors (Lipinski definition) is 1. The van der Waals surface area contributed by atoms with Crippen LogP contribution in [0.5, 0.6) is 11.5 Å². The van der Waals surface area contributed by atoms with Crippen molar-refractivity contribution in [3.05, 3.63) is 23.8 Å². The highest BCUT2D eigenvalue weighted by Gasteiger charge is 2.29. The third-order valence-corrected chi connectivity index (χ3v) is 3.67. The molecule has 1 unspecified atom stereocenters. The lowest BCUT2D eigenvalue weighted by Crippen LogP contribution is -2.34. The lowest BCUT2D eigenvalue weighted by atomic mass is 10.1. The Hall–Kier alpha value is -2.75. The summed E-state index contributed by atoms with van der Waals surface area (Å²) < 4.78 is 10.9. The fraction of sp³-hybridized carbons (Fsp3) is 0.438. The van der Waals surface area contributed by atoms with Gasteiger partial charge in [-0.15, -0.1) is 0 Å². The van der Waals surface area contributed by atoms with Crippen molar-refractivity contribution >= 4 is 11.8 Å². The smallest absolute Gasteiger partial charge is 0.260 e. The van der Waals surface area contributed by atoms with Gasteiger partial charge >= 0.3 is 0 Å². The molecule has 2 amide bonds. The number of nitriles is 1.